The monoisotopic (exact) mass is 272 g/mol. The Morgan fingerprint density at radius 2 is 2.20 bits per heavy atom. The number of carbonyl (C=O) groups is 1. The zero-order valence-electron chi connectivity index (χ0n) is 12.3. The molecule has 0 saturated carbocycles. The topological polar surface area (TPSA) is 50.2 Å². The van der Waals surface area contributed by atoms with Crippen molar-refractivity contribution in [3.05, 3.63) is 47.8 Å². The molecule has 0 spiro atoms. The van der Waals surface area contributed by atoms with Gasteiger partial charge in [-0.2, -0.15) is 5.10 Å². The molecular formula is C15H20N4O. The third-order valence-electron chi connectivity index (χ3n) is 3.31. The van der Waals surface area contributed by atoms with Crippen LogP contribution >= 0.6 is 0 Å². The van der Waals surface area contributed by atoms with E-state index in [9.17, 15) is 4.79 Å². The first-order valence-corrected chi connectivity index (χ1v) is 6.53. The van der Waals surface area contributed by atoms with Crippen molar-refractivity contribution in [2.45, 2.75) is 13.0 Å². The van der Waals surface area contributed by atoms with Crippen LogP contribution in [0, 0.1) is 6.92 Å². The number of aryl methyl sites for hydroxylation is 2. The van der Waals surface area contributed by atoms with Crippen molar-refractivity contribution in [2.75, 3.05) is 19.0 Å². The number of nitrogens with one attached hydrogen (secondary N) is 1. The van der Waals surface area contributed by atoms with Crippen LogP contribution in [-0.2, 0) is 11.8 Å². The number of anilines is 1. The second kappa shape index (κ2) is 5.88. The summed E-state index contributed by atoms with van der Waals surface area (Å²) in [5.74, 6) is -0.00824. The fraction of sp³-hybridized carbons (Fsp3) is 0.333. The zero-order valence-corrected chi connectivity index (χ0v) is 12.3. The predicted molar refractivity (Wildman–Crippen MR) is 79.6 cm³/mol. The molecule has 5 nitrogen and oxygen atoms in total. The summed E-state index contributed by atoms with van der Waals surface area (Å²) in [5, 5.41) is 7.17. The van der Waals surface area contributed by atoms with Crippen LogP contribution in [0.3, 0.4) is 0 Å². The van der Waals surface area contributed by atoms with E-state index in [0.717, 1.165) is 16.8 Å². The molecule has 1 aromatic carbocycles. The van der Waals surface area contributed by atoms with Crippen molar-refractivity contribution in [3.8, 4) is 0 Å². The molecule has 0 aliphatic carbocycles. The van der Waals surface area contributed by atoms with Gasteiger partial charge in [0, 0.05) is 31.5 Å². The number of likely N-dealkylation sites (N-methyl/N-ethyl adjacent to an activating group) is 2. The summed E-state index contributed by atoms with van der Waals surface area (Å²) in [7, 11) is 5.41. The molecule has 1 amide bonds. The third kappa shape index (κ3) is 2.88. The first-order chi connectivity index (χ1) is 9.52. The van der Waals surface area contributed by atoms with Crippen molar-refractivity contribution >= 4 is 11.6 Å². The lowest BCUT2D eigenvalue weighted by atomic mass is 10.1. The van der Waals surface area contributed by atoms with Crippen LogP contribution in [0.25, 0.3) is 0 Å². The molecule has 106 valence electrons. The van der Waals surface area contributed by atoms with Crippen LogP contribution in [0.4, 0.5) is 5.69 Å². The molecule has 0 fully saturated rings. The molecule has 0 bridgehead atoms. The SMILES string of the molecule is CNC(C(=O)N(C)c1cccc(C)c1)c1cnn(C)c1. The first kappa shape index (κ1) is 14.3. The summed E-state index contributed by atoms with van der Waals surface area (Å²) in [4.78, 5) is 14.3. The van der Waals surface area contributed by atoms with E-state index in [4.69, 9.17) is 0 Å². The smallest absolute Gasteiger partial charge is 0.248 e. The molecule has 1 N–H and O–H groups in total. The number of aromatic nitrogens is 2. The zero-order chi connectivity index (χ0) is 14.7. The van der Waals surface area contributed by atoms with Crippen molar-refractivity contribution in [2.24, 2.45) is 7.05 Å². The number of hydrogen-bond acceptors (Lipinski definition) is 3. The van der Waals surface area contributed by atoms with E-state index in [2.05, 4.69) is 10.4 Å². The highest BCUT2D eigenvalue weighted by molar-refractivity contribution is 5.97. The van der Waals surface area contributed by atoms with E-state index in [1.165, 1.54) is 0 Å². The van der Waals surface area contributed by atoms with Crippen molar-refractivity contribution in [1.82, 2.24) is 15.1 Å². The minimum Gasteiger partial charge on any atom is -0.314 e. The lowest BCUT2D eigenvalue weighted by Crippen LogP contribution is -2.37. The molecule has 2 rings (SSSR count). The van der Waals surface area contributed by atoms with E-state index in [-0.39, 0.29) is 5.91 Å². The van der Waals surface area contributed by atoms with E-state index in [1.54, 1.807) is 29.9 Å². The van der Waals surface area contributed by atoms with Gasteiger partial charge in [-0.05, 0) is 31.7 Å². The van der Waals surface area contributed by atoms with Gasteiger partial charge in [-0.25, -0.2) is 0 Å². The van der Waals surface area contributed by atoms with E-state index in [1.807, 2.05) is 44.4 Å². The number of benzene rings is 1. The van der Waals surface area contributed by atoms with Crippen LogP contribution < -0.4 is 10.2 Å². The molecule has 1 atom stereocenters. The maximum Gasteiger partial charge on any atom is 0.248 e. The van der Waals surface area contributed by atoms with Crippen molar-refractivity contribution in [1.29, 1.82) is 0 Å². The minimum absolute atomic E-state index is 0.00824. The van der Waals surface area contributed by atoms with Gasteiger partial charge in [-0.1, -0.05) is 12.1 Å². The Bertz CT molecular complexity index is 605. The van der Waals surface area contributed by atoms with Crippen molar-refractivity contribution in [3.63, 3.8) is 0 Å². The first-order valence-electron chi connectivity index (χ1n) is 6.53. The van der Waals surface area contributed by atoms with Gasteiger partial charge in [0.1, 0.15) is 6.04 Å². The number of carbonyl (C=O) groups excluding carboxylic acids is 1. The molecule has 5 heteroatoms. The molecule has 1 heterocycles. The van der Waals surface area contributed by atoms with E-state index < -0.39 is 6.04 Å². The molecule has 20 heavy (non-hydrogen) atoms. The molecule has 0 radical (unpaired) electrons. The maximum atomic E-state index is 12.6. The van der Waals surface area contributed by atoms with Gasteiger partial charge in [-0.3, -0.25) is 9.48 Å². The predicted octanol–water partition coefficient (Wildman–Crippen LogP) is 1.65. The van der Waals surface area contributed by atoms with Crippen LogP contribution in [-0.4, -0.2) is 29.8 Å². The second-order valence-electron chi connectivity index (χ2n) is 4.91. The Morgan fingerprint density at radius 3 is 2.75 bits per heavy atom. The van der Waals surface area contributed by atoms with Crippen LogP contribution in [0.15, 0.2) is 36.7 Å². The van der Waals surface area contributed by atoms with Crippen LogP contribution in [0.1, 0.15) is 17.2 Å². The lowest BCUT2D eigenvalue weighted by molar-refractivity contribution is -0.120. The minimum atomic E-state index is -0.394. The highest BCUT2D eigenvalue weighted by atomic mass is 16.2. The number of rotatable bonds is 4. The normalized spacial score (nSPS) is 12.2. The number of nitrogens with zero attached hydrogens (tertiary/aromatic N) is 3. The van der Waals surface area contributed by atoms with Gasteiger partial charge in [0.05, 0.1) is 6.20 Å². The lowest BCUT2D eigenvalue weighted by Gasteiger charge is -2.23. The standard InChI is InChI=1S/C15H20N4O/c1-11-6-5-7-13(8-11)19(4)15(20)14(16-2)12-9-17-18(3)10-12/h5-10,14,16H,1-4H3. The number of hydrogen-bond donors (Lipinski definition) is 1. The average molecular weight is 272 g/mol. The largest absolute Gasteiger partial charge is 0.314 e. The summed E-state index contributed by atoms with van der Waals surface area (Å²) < 4.78 is 1.69. The molecule has 0 aliphatic heterocycles. The molecule has 0 saturated heterocycles. The molecular weight excluding hydrogens is 252 g/mol. The molecule has 0 aliphatic rings. The molecule has 1 aromatic heterocycles. The van der Waals surface area contributed by atoms with Gasteiger partial charge >= 0.3 is 0 Å². The Balaban J connectivity index is 2.24. The summed E-state index contributed by atoms with van der Waals surface area (Å²) in [6, 6.07) is 7.49. The van der Waals surface area contributed by atoms with Gasteiger partial charge < -0.3 is 10.2 Å². The maximum absolute atomic E-state index is 12.6. The summed E-state index contributed by atoms with van der Waals surface area (Å²) >= 11 is 0. The van der Waals surface area contributed by atoms with Crippen molar-refractivity contribution < 1.29 is 4.79 Å². The second-order valence-corrected chi connectivity index (χ2v) is 4.91. The van der Waals surface area contributed by atoms with Gasteiger partial charge in [-0.15, -0.1) is 0 Å². The Kier molecular flexibility index (Phi) is 4.20. The number of amides is 1. The van der Waals surface area contributed by atoms with Crippen LogP contribution in [0.5, 0.6) is 0 Å². The fourth-order valence-corrected chi connectivity index (χ4v) is 2.18. The highest BCUT2D eigenvalue weighted by Crippen LogP contribution is 2.20. The summed E-state index contributed by atoms with van der Waals surface area (Å²) in [5.41, 5.74) is 2.88. The van der Waals surface area contributed by atoms with Crippen LogP contribution in [0.2, 0.25) is 0 Å². The average Bonchev–Trinajstić information content (AvgIpc) is 2.85. The Morgan fingerprint density at radius 1 is 1.45 bits per heavy atom. The summed E-state index contributed by atoms with van der Waals surface area (Å²) in [6.07, 6.45) is 3.56. The van der Waals surface area contributed by atoms with E-state index >= 15 is 0 Å². The Labute approximate surface area is 119 Å². The van der Waals surface area contributed by atoms with Gasteiger partial charge in [0.15, 0.2) is 0 Å². The summed E-state index contributed by atoms with van der Waals surface area (Å²) in [6.45, 7) is 2.01. The molecule has 2 aromatic rings. The highest BCUT2D eigenvalue weighted by Gasteiger charge is 2.24. The fourth-order valence-electron chi connectivity index (χ4n) is 2.18. The van der Waals surface area contributed by atoms with Gasteiger partial charge in [0.2, 0.25) is 5.91 Å². The van der Waals surface area contributed by atoms with Gasteiger partial charge in [0.25, 0.3) is 0 Å². The molecule has 1 unspecified atom stereocenters. The third-order valence-corrected chi connectivity index (χ3v) is 3.31. The Hall–Kier alpha value is -2.14. The quantitative estimate of drug-likeness (QED) is 0.920. The van der Waals surface area contributed by atoms with E-state index in [0.29, 0.717) is 0 Å².